The number of hydrogen-bond acceptors (Lipinski definition) is 6. The van der Waals surface area contributed by atoms with Gasteiger partial charge in [0.15, 0.2) is 0 Å². The largest absolute Gasteiger partial charge is 0.497 e. The van der Waals surface area contributed by atoms with Crippen LogP contribution in [0.3, 0.4) is 0 Å². The number of amides is 1. The second-order valence-corrected chi connectivity index (χ2v) is 8.31. The number of aromatic nitrogens is 1. The van der Waals surface area contributed by atoms with E-state index in [0.717, 1.165) is 48.8 Å². The molecule has 4 rings (SSSR count). The monoisotopic (exact) mass is 411 g/mol. The Bertz CT molecular complexity index is 930. The maximum absolute atomic E-state index is 12.3. The maximum Gasteiger partial charge on any atom is 0.290 e. The van der Waals surface area contributed by atoms with E-state index in [9.17, 15) is 4.79 Å². The summed E-state index contributed by atoms with van der Waals surface area (Å²) in [5.74, 6) is 1.30. The summed E-state index contributed by atoms with van der Waals surface area (Å²) in [6.45, 7) is 3.41. The summed E-state index contributed by atoms with van der Waals surface area (Å²) < 4.78 is 10.6. The summed E-state index contributed by atoms with van der Waals surface area (Å²) in [6, 6.07) is 14.0. The minimum absolute atomic E-state index is 0.215. The van der Waals surface area contributed by atoms with Crippen molar-refractivity contribution in [2.24, 2.45) is 0 Å². The van der Waals surface area contributed by atoms with Gasteiger partial charge in [-0.1, -0.05) is 23.4 Å². The number of benzene rings is 1. The summed E-state index contributed by atoms with van der Waals surface area (Å²) in [4.78, 5) is 15.8. The van der Waals surface area contributed by atoms with Gasteiger partial charge in [0.1, 0.15) is 5.75 Å². The first kappa shape index (κ1) is 19.7. The Morgan fingerprint density at radius 1 is 1.28 bits per heavy atom. The first-order valence-electron chi connectivity index (χ1n) is 9.84. The molecule has 0 atom stereocenters. The van der Waals surface area contributed by atoms with E-state index in [4.69, 9.17) is 9.26 Å². The molecule has 3 aromatic rings. The molecule has 0 saturated carbocycles. The molecule has 1 aliphatic heterocycles. The van der Waals surface area contributed by atoms with Gasteiger partial charge >= 0.3 is 0 Å². The normalized spacial score (nSPS) is 15.3. The van der Waals surface area contributed by atoms with Gasteiger partial charge in [-0.15, -0.1) is 11.3 Å². The predicted octanol–water partition coefficient (Wildman–Crippen LogP) is 4.05. The first-order valence-corrected chi connectivity index (χ1v) is 10.7. The van der Waals surface area contributed by atoms with Crippen molar-refractivity contribution in [2.75, 3.05) is 20.2 Å². The molecule has 1 N–H and O–H groups in total. The Morgan fingerprint density at radius 2 is 2.14 bits per heavy atom. The van der Waals surface area contributed by atoms with Gasteiger partial charge in [-0.2, -0.15) is 0 Å². The predicted molar refractivity (Wildman–Crippen MR) is 112 cm³/mol. The lowest BCUT2D eigenvalue weighted by Gasteiger charge is -2.31. The number of ether oxygens (including phenoxy) is 1. The van der Waals surface area contributed by atoms with E-state index in [1.165, 1.54) is 5.56 Å². The Balaban J connectivity index is 1.28. The molecule has 0 radical (unpaired) electrons. The zero-order valence-electron chi connectivity index (χ0n) is 16.5. The molecule has 1 aliphatic rings. The SMILES string of the molecule is COc1cccc(CN2CCC(c3cc(C(=O)NCc4cccs4)on3)CC2)c1. The van der Waals surface area contributed by atoms with Gasteiger partial charge in [0.2, 0.25) is 5.76 Å². The second-order valence-electron chi connectivity index (χ2n) is 7.28. The van der Waals surface area contributed by atoms with Crippen LogP contribution in [0.15, 0.2) is 52.4 Å². The van der Waals surface area contributed by atoms with Crippen molar-refractivity contribution in [3.8, 4) is 5.75 Å². The number of likely N-dealkylation sites (tertiary alicyclic amines) is 1. The Hall–Kier alpha value is -2.64. The highest BCUT2D eigenvalue weighted by molar-refractivity contribution is 7.09. The zero-order chi connectivity index (χ0) is 20.1. The van der Waals surface area contributed by atoms with E-state index >= 15 is 0 Å². The van der Waals surface area contributed by atoms with Crippen LogP contribution in [0.25, 0.3) is 0 Å². The fourth-order valence-corrected chi connectivity index (χ4v) is 4.32. The van der Waals surface area contributed by atoms with E-state index in [-0.39, 0.29) is 11.7 Å². The molecule has 0 unspecified atom stereocenters. The number of carbonyl (C=O) groups excluding carboxylic acids is 1. The fraction of sp³-hybridized carbons (Fsp3) is 0.364. The Kier molecular flexibility index (Phi) is 6.27. The molecule has 6 nitrogen and oxygen atoms in total. The third-order valence-corrected chi connectivity index (χ3v) is 6.18. The number of piperidine rings is 1. The lowest BCUT2D eigenvalue weighted by molar-refractivity contribution is 0.0914. The van der Waals surface area contributed by atoms with Gasteiger partial charge in [0.25, 0.3) is 5.91 Å². The summed E-state index contributed by atoms with van der Waals surface area (Å²) in [6.07, 6.45) is 2.01. The smallest absolute Gasteiger partial charge is 0.290 e. The number of nitrogens with one attached hydrogen (secondary N) is 1. The molecular weight excluding hydrogens is 386 g/mol. The number of carbonyl (C=O) groups is 1. The van der Waals surface area contributed by atoms with Crippen LogP contribution in [0.1, 0.15) is 45.4 Å². The number of rotatable bonds is 7. The lowest BCUT2D eigenvalue weighted by Crippen LogP contribution is -2.32. The molecule has 0 bridgehead atoms. The lowest BCUT2D eigenvalue weighted by atomic mass is 9.93. The summed E-state index contributed by atoms with van der Waals surface area (Å²) in [5, 5.41) is 9.04. The van der Waals surface area contributed by atoms with Crippen molar-refractivity contribution in [3.63, 3.8) is 0 Å². The van der Waals surface area contributed by atoms with Crippen LogP contribution in [0, 0.1) is 0 Å². The van der Waals surface area contributed by atoms with E-state index in [1.54, 1.807) is 24.5 Å². The topological polar surface area (TPSA) is 67.6 Å². The molecule has 0 spiro atoms. The average Bonchev–Trinajstić information content (AvgIpc) is 3.45. The average molecular weight is 412 g/mol. The van der Waals surface area contributed by atoms with E-state index < -0.39 is 0 Å². The van der Waals surface area contributed by atoms with Crippen LogP contribution in [0.5, 0.6) is 5.75 Å². The molecule has 1 saturated heterocycles. The van der Waals surface area contributed by atoms with Gasteiger partial charge in [0.05, 0.1) is 19.3 Å². The van der Waals surface area contributed by atoms with Gasteiger partial charge < -0.3 is 14.6 Å². The van der Waals surface area contributed by atoms with Crippen LogP contribution in [-0.2, 0) is 13.1 Å². The number of methoxy groups -OCH3 is 1. The fourth-order valence-electron chi connectivity index (χ4n) is 3.67. The van der Waals surface area contributed by atoms with Gasteiger partial charge in [0, 0.05) is 23.4 Å². The van der Waals surface area contributed by atoms with E-state index in [1.807, 2.05) is 29.6 Å². The zero-order valence-corrected chi connectivity index (χ0v) is 17.3. The van der Waals surface area contributed by atoms with Crippen LogP contribution in [-0.4, -0.2) is 36.2 Å². The van der Waals surface area contributed by atoms with Crippen LogP contribution >= 0.6 is 11.3 Å². The third kappa shape index (κ3) is 5.05. The Labute approximate surface area is 174 Å². The molecule has 1 fully saturated rings. The molecule has 2 aromatic heterocycles. The van der Waals surface area contributed by atoms with Crippen LogP contribution in [0.4, 0.5) is 0 Å². The molecular formula is C22H25N3O3S. The van der Waals surface area contributed by atoms with Crippen molar-refractivity contribution in [1.82, 2.24) is 15.4 Å². The summed E-state index contributed by atoms with van der Waals surface area (Å²) in [5.41, 5.74) is 2.14. The van der Waals surface area contributed by atoms with Crippen molar-refractivity contribution < 1.29 is 14.1 Å². The molecule has 29 heavy (non-hydrogen) atoms. The molecule has 152 valence electrons. The van der Waals surface area contributed by atoms with Crippen molar-refractivity contribution in [1.29, 1.82) is 0 Å². The molecule has 1 amide bonds. The quantitative estimate of drug-likeness (QED) is 0.635. The molecule has 1 aromatic carbocycles. The summed E-state index contributed by atoms with van der Waals surface area (Å²) in [7, 11) is 1.69. The van der Waals surface area contributed by atoms with Gasteiger partial charge in [-0.25, -0.2) is 0 Å². The highest BCUT2D eigenvalue weighted by Gasteiger charge is 2.24. The third-order valence-electron chi connectivity index (χ3n) is 5.30. The van der Waals surface area contributed by atoms with Gasteiger partial charge in [-0.05, 0) is 55.1 Å². The number of nitrogens with zero attached hydrogens (tertiary/aromatic N) is 2. The minimum Gasteiger partial charge on any atom is -0.497 e. The number of thiophene rings is 1. The second kappa shape index (κ2) is 9.24. The molecule has 0 aliphatic carbocycles. The standard InChI is InChI=1S/C22H25N3O3S/c1-27-18-5-2-4-16(12-18)15-25-9-7-17(8-10-25)20-13-21(28-24-20)22(26)23-14-19-6-3-11-29-19/h2-6,11-13,17H,7-10,14-15H2,1H3,(H,23,26). The molecule has 7 heteroatoms. The van der Waals surface area contributed by atoms with Crippen LogP contribution in [0.2, 0.25) is 0 Å². The highest BCUT2D eigenvalue weighted by atomic mass is 32.1. The number of hydrogen-bond donors (Lipinski definition) is 1. The van der Waals surface area contributed by atoms with Crippen molar-refractivity contribution in [2.45, 2.75) is 31.8 Å². The van der Waals surface area contributed by atoms with Crippen molar-refractivity contribution >= 4 is 17.2 Å². The minimum atomic E-state index is -0.215. The van der Waals surface area contributed by atoms with Crippen molar-refractivity contribution in [3.05, 3.63) is 69.7 Å². The first-order chi connectivity index (χ1) is 14.2. The van der Waals surface area contributed by atoms with E-state index in [0.29, 0.717) is 12.5 Å². The Morgan fingerprint density at radius 3 is 2.90 bits per heavy atom. The summed E-state index contributed by atoms with van der Waals surface area (Å²) >= 11 is 1.62. The van der Waals surface area contributed by atoms with Crippen LogP contribution < -0.4 is 10.1 Å². The maximum atomic E-state index is 12.3. The van der Waals surface area contributed by atoms with E-state index in [2.05, 4.69) is 27.5 Å². The van der Waals surface area contributed by atoms with Gasteiger partial charge in [-0.3, -0.25) is 9.69 Å². The molecule has 3 heterocycles. The highest BCUT2D eigenvalue weighted by Crippen LogP contribution is 2.28.